The Morgan fingerprint density at radius 3 is 1.83 bits per heavy atom. The molecule has 2 aromatic rings. The molecule has 1 N–H and O–H groups in total. The van der Waals surface area contributed by atoms with Crippen LogP contribution in [0.5, 0.6) is 0 Å². The number of esters is 1. The Balaban J connectivity index is 1.45. The molecule has 0 aliphatic rings. The molecule has 2 rings (SSSR count). The number of carbonyl (C=O) groups is 1. The Hall–Kier alpha value is -2.66. The number of para-hydroxylation sites is 1. The number of nitrogens with one attached hydrogen (secondary N) is 1. The summed E-state index contributed by atoms with van der Waals surface area (Å²) in [6.07, 6.45) is 5.81. The fourth-order valence-corrected chi connectivity index (χ4v) is 4.07. The van der Waals surface area contributed by atoms with Gasteiger partial charge in [-0.25, -0.2) is 4.79 Å². The van der Waals surface area contributed by atoms with Crippen LogP contribution in [0.3, 0.4) is 0 Å². The molecule has 0 radical (unpaired) electrons. The first-order valence-corrected chi connectivity index (χ1v) is 14.9. The predicted octanol–water partition coefficient (Wildman–Crippen LogP) is 7.81. The van der Waals surface area contributed by atoms with Crippen LogP contribution in [-0.4, -0.2) is 65.4 Å². The van der Waals surface area contributed by atoms with E-state index in [1.54, 1.807) is 24.3 Å². The van der Waals surface area contributed by atoms with Crippen molar-refractivity contribution in [3.8, 4) is 0 Å². The standard InChI is InChI=1S/C32H46F3NO6/c1-2-3-4-5-6-7-8-11-17-38-18-19-39-20-21-40-22-23-41-24-25-42-31(37)29-15-9-10-16-30(29)36-28-14-12-13-27(26-28)32(33,34)35/h9-10,12-16,26,36H,2-8,11,17-25H2,1H3. The lowest BCUT2D eigenvalue weighted by atomic mass is 10.1. The summed E-state index contributed by atoms with van der Waals surface area (Å²) in [5.74, 6) is -0.608. The van der Waals surface area contributed by atoms with Gasteiger partial charge in [0.25, 0.3) is 0 Å². The van der Waals surface area contributed by atoms with Gasteiger partial charge in [0.15, 0.2) is 0 Å². The average Bonchev–Trinajstić information content (AvgIpc) is 2.98. The van der Waals surface area contributed by atoms with Crippen molar-refractivity contribution in [2.45, 2.75) is 64.5 Å². The van der Waals surface area contributed by atoms with E-state index in [1.165, 1.54) is 57.1 Å². The maximum absolute atomic E-state index is 13.0. The minimum atomic E-state index is -4.46. The van der Waals surface area contributed by atoms with Crippen LogP contribution in [0.2, 0.25) is 0 Å². The van der Waals surface area contributed by atoms with Crippen LogP contribution < -0.4 is 5.32 Å². The molecule has 0 unspecified atom stereocenters. The highest BCUT2D eigenvalue weighted by Gasteiger charge is 2.30. The summed E-state index contributed by atoms with van der Waals surface area (Å²) < 4.78 is 66.3. The van der Waals surface area contributed by atoms with Crippen LogP contribution in [0.25, 0.3) is 0 Å². The summed E-state index contributed by atoms with van der Waals surface area (Å²) in [6, 6.07) is 11.2. The van der Waals surface area contributed by atoms with Gasteiger partial charge >= 0.3 is 12.1 Å². The average molecular weight is 598 g/mol. The van der Waals surface area contributed by atoms with E-state index in [9.17, 15) is 18.0 Å². The zero-order chi connectivity index (χ0) is 30.3. The van der Waals surface area contributed by atoms with Crippen LogP contribution in [0, 0.1) is 0 Å². The lowest BCUT2D eigenvalue weighted by Gasteiger charge is -2.13. The van der Waals surface area contributed by atoms with E-state index < -0.39 is 17.7 Å². The number of rotatable bonds is 24. The lowest BCUT2D eigenvalue weighted by Crippen LogP contribution is -2.15. The van der Waals surface area contributed by atoms with Crippen molar-refractivity contribution in [1.29, 1.82) is 0 Å². The Labute approximate surface area is 248 Å². The van der Waals surface area contributed by atoms with Crippen LogP contribution in [-0.2, 0) is 29.9 Å². The van der Waals surface area contributed by atoms with E-state index in [4.69, 9.17) is 23.7 Å². The quantitative estimate of drug-likeness (QED) is 0.0977. The first-order valence-electron chi connectivity index (χ1n) is 14.9. The highest BCUT2D eigenvalue weighted by atomic mass is 19.4. The molecule has 2 aromatic carbocycles. The number of alkyl halides is 3. The first kappa shape index (κ1) is 35.5. The number of anilines is 2. The van der Waals surface area contributed by atoms with E-state index >= 15 is 0 Å². The van der Waals surface area contributed by atoms with Gasteiger partial charge in [-0.2, -0.15) is 13.2 Å². The third-order valence-electron chi connectivity index (χ3n) is 6.33. The molecule has 0 atom stereocenters. The van der Waals surface area contributed by atoms with Crippen molar-refractivity contribution >= 4 is 17.3 Å². The normalized spacial score (nSPS) is 11.5. The van der Waals surface area contributed by atoms with Gasteiger partial charge in [0, 0.05) is 12.3 Å². The van der Waals surface area contributed by atoms with Gasteiger partial charge in [0.2, 0.25) is 0 Å². The van der Waals surface area contributed by atoms with Gasteiger partial charge < -0.3 is 29.0 Å². The van der Waals surface area contributed by atoms with E-state index in [-0.39, 0.29) is 24.5 Å². The smallest absolute Gasteiger partial charge is 0.416 e. The maximum atomic E-state index is 13.0. The second kappa shape index (κ2) is 22.0. The van der Waals surface area contributed by atoms with Crippen molar-refractivity contribution < 1.29 is 41.7 Å². The Morgan fingerprint density at radius 1 is 0.667 bits per heavy atom. The molecule has 0 spiro atoms. The SMILES string of the molecule is CCCCCCCCCCOCCOCCOCCOCCOC(=O)c1ccccc1Nc1cccc(C(F)(F)F)c1. The minimum Gasteiger partial charge on any atom is -0.460 e. The molecule has 0 aliphatic heterocycles. The molecular weight excluding hydrogens is 551 g/mol. The number of halogens is 3. The third kappa shape index (κ3) is 16.1. The monoisotopic (exact) mass is 597 g/mol. The van der Waals surface area contributed by atoms with Gasteiger partial charge in [-0.15, -0.1) is 0 Å². The van der Waals surface area contributed by atoms with Crippen molar-refractivity contribution in [2.75, 3.05) is 64.8 Å². The molecule has 0 heterocycles. The number of unbranched alkanes of at least 4 members (excludes halogenated alkanes) is 7. The number of hydrogen-bond acceptors (Lipinski definition) is 7. The zero-order valence-corrected chi connectivity index (χ0v) is 24.7. The summed E-state index contributed by atoms with van der Waals surface area (Å²) in [5.41, 5.74) is -0.0261. The fourth-order valence-electron chi connectivity index (χ4n) is 4.07. The van der Waals surface area contributed by atoms with Gasteiger partial charge in [-0.1, -0.05) is 70.1 Å². The number of benzene rings is 2. The predicted molar refractivity (Wildman–Crippen MR) is 157 cm³/mol. The van der Waals surface area contributed by atoms with Crippen LogP contribution in [0.4, 0.5) is 24.5 Å². The second-order valence-electron chi connectivity index (χ2n) is 9.81. The highest BCUT2D eigenvalue weighted by Crippen LogP contribution is 2.32. The molecule has 0 saturated heterocycles. The van der Waals surface area contributed by atoms with Crippen LogP contribution in [0.15, 0.2) is 48.5 Å². The number of carbonyl (C=O) groups excluding carboxylic acids is 1. The van der Waals surface area contributed by atoms with Gasteiger partial charge in [-0.3, -0.25) is 0 Å². The lowest BCUT2D eigenvalue weighted by molar-refractivity contribution is -0.137. The fraction of sp³-hybridized carbons (Fsp3) is 0.594. The van der Waals surface area contributed by atoms with Crippen molar-refractivity contribution in [3.05, 3.63) is 59.7 Å². The molecule has 10 heteroatoms. The Kier molecular flexibility index (Phi) is 18.6. The molecule has 0 aliphatic carbocycles. The summed E-state index contributed by atoms with van der Waals surface area (Å²) in [4.78, 5) is 12.5. The van der Waals surface area contributed by atoms with Crippen LogP contribution >= 0.6 is 0 Å². The van der Waals surface area contributed by atoms with E-state index in [0.29, 0.717) is 45.3 Å². The summed E-state index contributed by atoms with van der Waals surface area (Å²) in [6.45, 7) is 6.01. The Morgan fingerprint density at radius 2 is 1.21 bits per heavy atom. The molecule has 0 fully saturated rings. The number of hydrogen-bond donors (Lipinski definition) is 1. The van der Waals surface area contributed by atoms with Gasteiger partial charge in [0.05, 0.1) is 63.1 Å². The zero-order valence-electron chi connectivity index (χ0n) is 24.7. The topological polar surface area (TPSA) is 75.2 Å². The van der Waals surface area contributed by atoms with Crippen molar-refractivity contribution in [2.24, 2.45) is 0 Å². The maximum Gasteiger partial charge on any atom is 0.416 e. The molecule has 0 bridgehead atoms. The molecule has 0 aromatic heterocycles. The third-order valence-corrected chi connectivity index (χ3v) is 6.33. The molecule has 0 amide bonds. The van der Waals surface area contributed by atoms with Crippen LogP contribution in [0.1, 0.15) is 74.2 Å². The molecule has 7 nitrogen and oxygen atoms in total. The van der Waals surface area contributed by atoms with Gasteiger partial charge in [0.1, 0.15) is 6.61 Å². The highest BCUT2D eigenvalue weighted by molar-refractivity contribution is 5.96. The first-order chi connectivity index (χ1) is 20.4. The minimum absolute atomic E-state index is 0.0266. The van der Waals surface area contributed by atoms with Crippen molar-refractivity contribution in [3.63, 3.8) is 0 Å². The van der Waals surface area contributed by atoms with Crippen molar-refractivity contribution in [1.82, 2.24) is 0 Å². The molecule has 42 heavy (non-hydrogen) atoms. The Bertz CT molecular complexity index is 989. The van der Waals surface area contributed by atoms with Gasteiger partial charge in [-0.05, 0) is 36.8 Å². The molecular formula is C32H46F3NO6. The van der Waals surface area contributed by atoms with E-state index in [1.807, 2.05) is 0 Å². The van der Waals surface area contributed by atoms with E-state index in [0.717, 1.165) is 25.2 Å². The molecule has 0 saturated carbocycles. The number of ether oxygens (including phenoxy) is 5. The largest absolute Gasteiger partial charge is 0.460 e. The summed E-state index contributed by atoms with van der Waals surface area (Å²) >= 11 is 0. The van der Waals surface area contributed by atoms with E-state index in [2.05, 4.69) is 12.2 Å². The summed E-state index contributed by atoms with van der Waals surface area (Å²) in [7, 11) is 0. The summed E-state index contributed by atoms with van der Waals surface area (Å²) in [5, 5.41) is 2.86. The molecule has 236 valence electrons. The second-order valence-corrected chi connectivity index (χ2v) is 9.81.